The van der Waals surface area contributed by atoms with Gasteiger partial charge in [0.2, 0.25) is 0 Å². The van der Waals surface area contributed by atoms with E-state index in [2.05, 4.69) is 5.32 Å². The molecule has 0 aliphatic carbocycles. The molecule has 1 fully saturated rings. The fourth-order valence-corrected chi connectivity index (χ4v) is 3.91. The van der Waals surface area contributed by atoms with E-state index in [1.54, 1.807) is 18.2 Å². The number of benzene rings is 1. The van der Waals surface area contributed by atoms with E-state index >= 15 is 0 Å². The Morgan fingerprint density at radius 1 is 1.17 bits per heavy atom. The largest absolute Gasteiger partial charge is 0.348 e. The quantitative estimate of drug-likeness (QED) is 0.531. The van der Waals surface area contributed by atoms with Crippen LogP contribution in [0.15, 0.2) is 30.3 Å². The summed E-state index contributed by atoms with van der Waals surface area (Å²) in [7, 11) is 0. The number of aryl methyl sites for hydroxylation is 2. The number of urea groups is 1. The maximum absolute atomic E-state index is 13.1. The number of ketones is 1. The van der Waals surface area contributed by atoms with E-state index in [0.717, 1.165) is 21.9 Å². The summed E-state index contributed by atoms with van der Waals surface area (Å²) < 4.78 is 15.1. The third kappa shape index (κ3) is 4.61. The van der Waals surface area contributed by atoms with E-state index in [1.165, 1.54) is 12.1 Å². The van der Waals surface area contributed by atoms with Crippen molar-refractivity contribution in [2.75, 3.05) is 6.54 Å². The summed E-state index contributed by atoms with van der Waals surface area (Å²) >= 11 is 0. The molecule has 0 bridgehead atoms. The van der Waals surface area contributed by atoms with Crippen LogP contribution in [0.25, 0.3) is 0 Å². The second-order valence-electron chi connectivity index (χ2n) is 8.29. The molecule has 7 heteroatoms. The predicted molar refractivity (Wildman–Crippen MR) is 112 cm³/mol. The summed E-state index contributed by atoms with van der Waals surface area (Å²) in [5.74, 6) is -0.608. The van der Waals surface area contributed by atoms with Gasteiger partial charge in [0, 0.05) is 23.5 Å². The Balaban J connectivity index is 1.69. The number of hydrogen-bond donors (Lipinski definition) is 1. The topological polar surface area (TPSA) is 71.4 Å². The molecular weight excluding hydrogens is 385 g/mol. The number of halogens is 1. The first kappa shape index (κ1) is 21.7. The van der Waals surface area contributed by atoms with Crippen LogP contribution < -0.4 is 5.32 Å². The number of aromatic nitrogens is 1. The smallest absolute Gasteiger partial charge is 0.325 e. The number of nitrogens with zero attached hydrogens (tertiary/aromatic N) is 2. The summed E-state index contributed by atoms with van der Waals surface area (Å²) in [5, 5.41) is 2.67. The van der Waals surface area contributed by atoms with Crippen LogP contribution in [0, 0.1) is 25.6 Å². The SMILES string of the molecule is Cc1cc(C(=O)CN2C(=O)NC(CC(C)C)C2=O)c(C)n1CCc1ccc(F)cc1. The zero-order chi connectivity index (χ0) is 22.0. The number of Topliss-reactive ketones (excluding diaryl/α,β-unsaturated/α-hetero) is 1. The van der Waals surface area contributed by atoms with Gasteiger partial charge in [-0.05, 0) is 56.4 Å². The molecule has 6 nitrogen and oxygen atoms in total. The van der Waals surface area contributed by atoms with Crippen molar-refractivity contribution in [3.8, 4) is 0 Å². The molecule has 1 atom stereocenters. The number of rotatable bonds is 8. The monoisotopic (exact) mass is 413 g/mol. The Labute approximate surface area is 176 Å². The van der Waals surface area contributed by atoms with Crippen LogP contribution in [0.5, 0.6) is 0 Å². The zero-order valence-electron chi connectivity index (χ0n) is 17.9. The van der Waals surface area contributed by atoms with Gasteiger partial charge in [-0.3, -0.25) is 14.5 Å². The number of amides is 3. The van der Waals surface area contributed by atoms with Gasteiger partial charge < -0.3 is 9.88 Å². The lowest BCUT2D eigenvalue weighted by molar-refractivity contribution is -0.127. The number of carbonyl (C=O) groups is 3. The van der Waals surface area contributed by atoms with E-state index in [9.17, 15) is 18.8 Å². The van der Waals surface area contributed by atoms with Crippen LogP contribution in [0.2, 0.25) is 0 Å². The molecule has 1 aromatic heterocycles. The van der Waals surface area contributed by atoms with Gasteiger partial charge in [-0.15, -0.1) is 0 Å². The molecule has 1 N–H and O–H groups in total. The van der Waals surface area contributed by atoms with E-state index in [1.807, 2.05) is 32.3 Å². The summed E-state index contributed by atoms with van der Waals surface area (Å²) in [6.45, 7) is 8.12. The van der Waals surface area contributed by atoms with Gasteiger partial charge in [0.15, 0.2) is 5.78 Å². The van der Waals surface area contributed by atoms with Gasteiger partial charge >= 0.3 is 6.03 Å². The minimum Gasteiger partial charge on any atom is -0.348 e. The Kier molecular flexibility index (Phi) is 6.39. The molecule has 3 amide bonds. The number of imide groups is 1. The Hall–Kier alpha value is -2.96. The first-order valence-electron chi connectivity index (χ1n) is 10.2. The molecule has 1 aliphatic heterocycles. The fraction of sp³-hybridized carbons (Fsp3) is 0.435. The fourth-order valence-electron chi connectivity index (χ4n) is 3.91. The summed E-state index contributed by atoms with van der Waals surface area (Å²) in [6, 6.07) is 7.10. The number of carbonyl (C=O) groups excluding carboxylic acids is 3. The maximum Gasteiger partial charge on any atom is 0.325 e. The minimum atomic E-state index is -0.562. The van der Waals surface area contributed by atoms with E-state index in [0.29, 0.717) is 24.9 Å². The Morgan fingerprint density at radius 2 is 1.83 bits per heavy atom. The van der Waals surface area contributed by atoms with Crippen molar-refractivity contribution in [3.05, 3.63) is 58.7 Å². The highest BCUT2D eigenvalue weighted by atomic mass is 19.1. The molecule has 3 rings (SSSR count). The molecule has 0 radical (unpaired) electrons. The van der Waals surface area contributed by atoms with Crippen molar-refractivity contribution < 1.29 is 18.8 Å². The van der Waals surface area contributed by atoms with Crippen LogP contribution in [0.3, 0.4) is 0 Å². The highest BCUT2D eigenvalue weighted by molar-refractivity contribution is 6.09. The lowest BCUT2D eigenvalue weighted by atomic mass is 10.0. The van der Waals surface area contributed by atoms with Gasteiger partial charge in [-0.2, -0.15) is 0 Å². The minimum absolute atomic E-state index is 0.259. The van der Waals surface area contributed by atoms with Gasteiger partial charge in [0.25, 0.3) is 5.91 Å². The van der Waals surface area contributed by atoms with Crippen LogP contribution in [0.4, 0.5) is 9.18 Å². The average Bonchev–Trinajstić information content (AvgIpc) is 3.11. The second kappa shape index (κ2) is 8.81. The van der Waals surface area contributed by atoms with Crippen molar-refractivity contribution in [2.45, 2.75) is 53.1 Å². The molecule has 1 aliphatic rings. The van der Waals surface area contributed by atoms with E-state index < -0.39 is 12.1 Å². The molecule has 2 heterocycles. The van der Waals surface area contributed by atoms with Crippen LogP contribution in [0.1, 0.15) is 47.6 Å². The second-order valence-corrected chi connectivity index (χ2v) is 8.29. The first-order valence-corrected chi connectivity index (χ1v) is 10.2. The summed E-state index contributed by atoms with van der Waals surface area (Å²) in [5.41, 5.74) is 3.24. The van der Waals surface area contributed by atoms with Crippen molar-refractivity contribution >= 4 is 17.7 Å². The first-order chi connectivity index (χ1) is 14.2. The standard InChI is InChI=1S/C23H28FN3O3/c1-14(2)11-20-22(29)27(23(30)25-20)13-21(28)19-12-15(3)26(16(19)4)10-9-17-5-7-18(24)8-6-17/h5-8,12,14,20H,9-11,13H2,1-4H3,(H,25,30). The van der Waals surface area contributed by atoms with Gasteiger partial charge in [0.05, 0.1) is 6.54 Å². The molecule has 1 saturated heterocycles. The molecule has 30 heavy (non-hydrogen) atoms. The van der Waals surface area contributed by atoms with Crippen molar-refractivity contribution in [2.24, 2.45) is 5.92 Å². The Bertz CT molecular complexity index is 963. The predicted octanol–water partition coefficient (Wildman–Crippen LogP) is 3.64. The third-order valence-electron chi connectivity index (χ3n) is 5.53. The highest BCUT2D eigenvalue weighted by Crippen LogP contribution is 2.19. The average molecular weight is 413 g/mol. The molecular formula is C23H28FN3O3. The normalized spacial score (nSPS) is 16.5. The van der Waals surface area contributed by atoms with Crippen LogP contribution >= 0.6 is 0 Å². The lowest BCUT2D eigenvalue weighted by Gasteiger charge is -2.13. The number of hydrogen-bond acceptors (Lipinski definition) is 3. The molecule has 160 valence electrons. The molecule has 1 aromatic carbocycles. The summed E-state index contributed by atoms with van der Waals surface area (Å²) in [4.78, 5) is 38.6. The van der Waals surface area contributed by atoms with E-state index in [4.69, 9.17) is 0 Å². The lowest BCUT2D eigenvalue weighted by Crippen LogP contribution is -2.36. The molecule has 0 saturated carbocycles. The summed E-state index contributed by atoms with van der Waals surface area (Å²) in [6.07, 6.45) is 1.25. The third-order valence-corrected chi connectivity index (χ3v) is 5.53. The van der Waals surface area contributed by atoms with Crippen molar-refractivity contribution in [1.82, 2.24) is 14.8 Å². The molecule has 1 unspecified atom stereocenters. The molecule has 2 aromatic rings. The van der Waals surface area contributed by atoms with Crippen LogP contribution in [-0.2, 0) is 17.8 Å². The Morgan fingerprint density at radius 3 is 2.47 bits per heavy atom. The van der Waals surface area contributed by atoms with E-state index in [-0.39, 0.29) is 30.0 Å². The van der Waals surface area contributed by atoms with Gasteiger partial charge in [-0.1, -0.05) is 26.0 Å². The highest BCUT2D eigenvalue weighted by Gasteiger charge is 2.39. The molecule has 0 spiro atoms. The number of nitrogens with one attached hydrogen (secondary N) is 1. The van der Waals surface area contributed by atoms with Crippen LogP contribution in [-0.4, -0.2) is 39.8 Å². The zero-order valence-corrected chi connectivity index (χ0v) is 17.9. The van der Waals surface area contributed by atoms with Gasteiger partial charge in [0.1, 0.15) is 11.9 Å². The van der Waals surface area contributed by atoms with Gasteiger partial charge in [-0.25, -0.2) is 9.18 Å². The van der Waals surface area contributed by atoms with Crippen molar-refractivity contribution in [1.29, 1.82) is 0 Å². The maximum atomic E-state index is 13.1. The van der Waals surface area contributed by atoms with Crippen molar-refractivity contribution in [3.63, 3.8) is 0 Å².